The number of anilines is 2. The maximum Gasteiger partial charge on any atom is 0.241 e. The van der Waals surface area contributed by atoms with E-state index in [4.69, 9.17) is 5.73 Å². The Morgan fingerprint density at radius 2 is 1.69 bits per heavy atom. The summed E-state index contributed by atoms with van der Waals surface area (Å²) in [7, 11) is 0. The number of para-hydroxylation sites is 2. The summed E-state index contributed by atoms with van der Waals surface area (Å²) in [5.41, 5.74) is 8.35. The van der Waals surface area contributed by atoms with Gasteiger partial charge in [0.25, 0.3) is 0 Å². The fraction of sp³-hybridized carbons (Fsp3) is 0.333. The number of nitrogens with two attached hydrogens (primary N) is 1. The Kier molecular flexibility index (Phi) is 4.47. The molecule has 1 heterocycles. The zero-order chi connectivity index (χ0) is 18.1. The van der Waals surface area contributed by atoms with Crippen LogP contribution >= 0.6 is 0 Å². The number of amides is 2. The van der Waals surface area contributed by atoms with Crippen LogP contribution in [-0.2, 0) is 16.1 Å². The lowest BCUT2D eigenvalue weighted by atomic mass is 10.0. The Balaban J connectivity index is 1.83. The fourth-order valence-corrected chi connectivity index (χ4v) is 4.28. The molecule has 2 aliphatic rings. The molecule has 0 aromatic heterocycles. The number of hydrogen-bond donors (Lipinski definition) is 1. The molecular weight excluding hydrogens is 326 g/mol. The monoisotopic (exact) mass is 349 g/mol. The second-order valence-corrected chi connectivity index (χ2v) is 6.97. The quantitative estimate of drug-likeness (QED) is 0.926. The van der Waals surface area contributed by atoms with Gasteiger partial charge in [-0.25, -0.2) is 0 Å². The van der Waals surface area contributed by atoms with Crippen LogP contribution in [0.5, 0.6) is 0 Å². The summed E-state index contributed by atoms with van der Waals surface area (Å²) in [5.74, 6) is -0.179. The molecule has 1 fully saturated rings. The van der Waals surface area contributed by atoms with E-state index in [1.807, 2.05) is 59.5 Å². The molecular formula is C21H23N3O2. The third-order valence-corrected chi connectivity index (χ3v) is 5.45. The van der Waals surface area contributed by atoms with Gasteiger partial charge in [0.05, 0.1) is 30.4 Å². The first-order chi connectivity index (χ1) is 12.7. The first-order valence-corrected chi connectivity index (χ1v) is 9.17. The maximum absolute atomic E-state index is 13.4. The molecule has 2 aromatic carbocycles. The van der Waals surface area contributed by atoms with Crippen molar-refractivity contribution >= 4 is 23.2 Å². The molecule has 0 bridgehead atoms. The Bertz CT molecular complexity index is 821. The second kappa shape index (κ2) is 6.92. The van der Waals surface area contributed by atoms with Crippen LogP contribution in [0.1, 0.15) is 24.8 Å². The third kappa shape index (κ3) is 2.78. The number of fused-ring (bicyclic) bond motifs is 2. The average Bonchev–Trinajstić information content (AvgIpc) is 3.13. The van der Waals surface area contributed by atoms with E-state index >= 15 is 0 Å². The van der Waals surface area contributed by atoms with Crippen LogP contribution in [0.4, 0.5) is 11.4 Å². The second-order valence-electron chi connectivity index (χ2n) is 6.97. The molecule has 0 radical (unpaired) electrons. The minimum absolute atomic E-state index is 0.0512. The summed E-state index contributed by atoms with van der Waals surface area (Å²) in [6, 6.07) is 17.6. The fourth-order valence-electron chi connectivity index (χ4n) is 4.28. The van der Waals surface area contributed by atoms with Crippen LogP contribution in [0.3, 0.4) is 0 Å². The number of carbonyl (C=O) groups excluding carboxylic acids is 2. The van der Waals surface area contributed by atoms with Gasteiger partial charge in [-0.1, -0.05) is 48.9 Å². The molecule has 2 N–H and O–H groups in total. The van der Waals surface area contributed by atoms with Crippen molar-refractivity contribution in [2.75, 3.05) is 16.3 Å². The molecule has 1 aliphatic heterocycles. The highest BCUT2D eigenvalue weighted by Gasteiger charge is 2.45. The van der Waals surface area contributed by atoms with E-state index < -0.39 is 0 Å². The topological polar surface area (TPSA) is 66.6 Å². The van der Waals surface area contributed by atoms with Crippen LogP contribution in [0, 0.1) is 5.92 Å². The molecule has 5 nitrogen and oxygen atoms in total. The molecule has 1 saturated carbocycles. The Morgan fingerprint density at radius 3 is 2.42 bits per heavy atom. The van der Waals surface area contributed by atoms with Gasteiger partial charge in [0.2, 0.25) is 11.8 Å². The predicted octanol–water partition coefficient (Wildman–Crippen LogP) is 2.69. The lowest BCUT2D eigenvalue weighted by Crippen LogP contribution is -2.47. The van der Waals surface area contributed by atoms with Crippen LogP contribution in [0.25, 0.3) is 0 Å². The summed E-state index contributed by atoms with van der Waals surface area (Å²) < 4.78 is 0. The van der Waals surface area contributed by atoms with Gasteiger partial charge in [-0.15, -0.1) is 0 Å². The van der Waals surface area contributed by atoms with Crippen LogP contribution in [-0.4, -0.2) is 24.4 Å². The van der Waals surface area contributed by atoms with Gasteiger partial charge in [0, 0.05) is 6.04 Å². The van der Waals surface area contributed by atoms with Crippen molar-refractivity contribution in [3.63, 3.8) is 0 Å². The Hall–Kier alpha value is -2.66. The Labute approximate surface area is 153 Å². The van der Waals surface area contributed by atoms with E-state index in [0.29, 0.717) is 6.54 Å². The van der Waals surface area contributed by atoms with E-state index in [1.54, 1.807) is 4.90 Å². The normalized spacial score (nSPS) is 22.0. The largest absolute Gasteiger partial charge is 0.322 e. The summed E-state index contributed by atoms with van der Waals surface area (Å²) in [5, 5.41) is 0. The van der Waals surface area contributed by atoms with Crippen LogP contribution in [0.2, 0.25) is 0 Å². The van der Waals surface area contributed by atoms with Gasteiger partial charge in [-0.05, 0) is 30.5 Å². The number of hydrogen-bond acceptors (Lipinski definition) is 3. The highest BCUT2D eigenvalue weighted by atomic mass is 16.2. The van der Waals surface area contributed by atoms with E-state index in [9.17, 15) is 9.59 Å². The zero-order valence-corrected chi connectivity index (χ0v) is 14.7. The van der Waals surface area contributed by atoms with Gasteiger partial charge >= 0.3 is 0 Å². The van der Waals surface area contributed by atoms with Gasteiger partial charge in [0.1, 0.15) is 0 Å². The summed E-state index contributed by atoms with van der Waals surface area (Å²) in [6.45, 7) is 0.453. The highest BCUT2D eigenvalue weighted by Crippen LogP contribution is 2.43. The summed E-state index contributed by atoms with van der Waals surface area (Å²) in [6.07, 6.45) is 2.61. The third-order valence-electron chi connectivity index (χ3n) is 5.45. The first kappa shape index (κ1) is 16.8. The van der Waals surface area contributed by atoms with Crippen molar-refractivity contribution in [3.8, 4) is 0 Å². The summed E-state index contributed by atoms with van der Waals surface area (Å²) in [4.78, 5) is 29.7. The number of nitrogens with zero attached hydrogens (tertiary/aromatic N) is 2. The molecule has 2 aromatic rings. The molecule has 4 rings (SSSR count). The first-order valence-electron chi connectivity index (χ1n) is 9.17. The molecule has 26 heavy (non-hydrogen) atoms. The Morgan fingerprint density at radius 1 is 1.00 bits per heavy atom. The molecule has 2 atom stereocenters. The number of carbonyl (C=O) groups is 2. The lowest BCUT2D eigenvalue weighted by molar-refractivity contribution is -0.123. The number of benzene rings is 2. The minimum atomic E-state index is -0.165. The predicted molar refractivity (Wildman–Crippen MR) is 102 cm³/mol. The SMILES string of the molecule is NCC(=O)N1c2ccccc2N(Cc2ccccc2)C(=O)[C@H]2CCC[C@H]21. The standard InChI is InChI=1S/C21H23N3O2/c22-13-20(25)24-17-12-6-9-16(17)21(26)23(14-15-7-2-1-3-8-15)18-10-4-5-11-19(18)24/h1-5,7-8,10-11,16-17H,6,9,12-14,22H2/t16-,17+/m0/s1. The smallest absolute Gasteiger partial charge is 0.241 e. The van der Waals surface area contributed by atoms with Crippen LogP contribution in [0.15, 0.2) is 54.6 Å². The minimum Gasteiger partial charge on any atom is -0.322 e. The van der Waals surface area contributed by atoms with E-state index in [2.05, 4.69) is 0 Å². The van der Waals surface area contributed by atoms with Crippen molar-refractivity contribution in [3.05, 3.63) is 60.2 Å². The molecule has 0 unspecified atom stereocenters. The van der Waals surface area contributed by atoms with E-state index in [-0.39, 0.29) is 30.3 Å². The molecule has 5 heteroatoms. The molecule has 0 spiro atoms. The molecule has 2 amide bonds. The summed E-state index contributed by atoms with van der Waals surface area (Å²) >= 11 is 0. The van der Waals surface area contributed by atoms with Crippen molar-refractivity contribution in [1.82, 2.24) is 0 Å². The van der Waals surface area contributed by atoms with Crippen molar-refractivity contribution in [2.24, 2.45) is 11.7 Å². The van der Waals surface area contributed by atoms with Gasteiger partial charge in [0.15, 0.2) is 0 Å². The zero-order valence-electron chi connectivity index (χ0n) is 14.7. The number of rotatable bonds is 3. The molecule has 1 aliphatic carbocycles. The van der Waals surface area contributed by atoms with Gasteiger partial charge in [-0.3, -0.25) is 9.59 Å². The van der Waals surface area contributed by atoms with Gasteiger partial charge < -0.3 is 15.5 Å². The maximum atomic E-state index is 13.4. The van der Waals surface area contributed by atoms with Crippen molar-refractivity contribution < 1.29 is 9.59 Å². The highest BCUT2D eigenvalue weighted by molar-refractivity contribution is 6.07. The van der Waals surface area contributed by atoms with Crippen molar-refractivity contribution in [2.45, 2.75) is 31.8 Å². The average molecular weight is 349 g/mol. The van der Waals surface area contributed by atoms with E-state index in [0.717, 1.165) is 36.2 Å². The van der Waals surface area contributed by atoms with E-state index in [1.165, 1.54) is 0 Å². The lowest BCUT2D eigenvalue weighted by Gasteiger charge is -2.30. The molecule has 134 valence electrons. The van der Waals surface area contributed by atoms with Crippen molar-refractivity contribution in [1.29, 1.82) is 0 Å². The molecule has 0 saturated heterocycles. The van der Waals surface area contributed by atoms with Gasteiger partial charge in [-0.2, -0.15) is 0 Å². The van der Waals surface area contributed by atoms with Crippen LogP contribution < -0.4 is 15.5 Å².